The lowest BCUT2D eigenvalue weighted by Gasteiger charge is -2.30. The van der Waals surface area contributed by atoms with E-state index in [9.17, 15) is 13.2 Å². The first-order valence-corrected chi connectivity index (χ1v) is 12.7. The van der Waals surface area contributed by atoms with Crippen LogP contribution >= 0.6 is 11.6 Å². The minimum Gasteiger partial charge on any atom is -0.343 e. The van der Waals surface area contributed by atoms with Gasteiger partial charge in [-0.1, -0.05) is 29.8 Å². The van der Waals surface area contributed by atoms with Crippen molar-refractivity contribution < 1.29 is 13.2 Å². The number of H-pyrrole nitrogens is 1. The molecule has 2 aromatic carbocycles. The first-order valence-electron chi connectivity index (χ1n) is 10.7. The number of nitrogens with one attached hydrogen (secondary N) is 1. The molecule has 32 heavy (non-hydrogen) atoms. The van der Waals surface area contributed by atoms with Gasteiger partial charge in [-0.05, 0) is 66.8 Å². The fourth-order valence-electron chi connectivity index (χ4n) is 3.99. The van der Waals surface area contributed by atoms with E-state index < -0.39 is 9.84 Å². The summed E-state index contributed by atoms with van der Waals surface area (Å²) in [6, 6.07) is 10.3. The third kappa shape index (κ3) is 5.40. The molecular weight excluding hydrogens is 446 g/mol. The van der Waals surface area contributed by atoms with Gasteiger partial charge in [0.25, 0.3) is 0 Å². The summed E-state index contributed by atoms with van der Waals surface area (Å²) in [4.78, 5) is 22.0. The summed E-state index contributed by atoms with van der Waals surface area (Å²) in [7, 11) is -3.54. The average molecular weight is 472 g/mol. The lowest BCUT2D eigenvalue weighted by atomic mass is 9.96. The zero-order chi connectivity index (χ0) is 22.7. The standard InChI is InChI=1S/C24H26ClN3O3S/c1-17-26-16-22(27-17)6-2-18-8-11-28(12-9-18)24(29)10-13-32(30,31)23-7-4-19-14-21(25)5-3-20(19)15-23/h2-7,14-16,18H,8-13H2,1H3,(H,26,27)/b6-2-. The van der Waals surface area contributed by atoms with Crippen LogP contribution in [-0.2, 0) is 14.6 Å². The molecule has 0 unspecified atom stereocenters. The van der Waals surface area contributed by atoms with Gasteiger partial charge in [0.05, 0.1) is 22.5 Å². The third-order valence-electron chi connectivity index (χ3n) is 5.88. The maximum atomic E-state index is 12.8. The van der Waals surface area contributed by atoms with Crippen molar-refractivity contribution in [3.8, 4) is 0 Å². The highest BCUT2D eigenvalue weighted by Crippen LogP contribution is 2.24. The molecule has 6 nitrogen and oxygen atoms in total. The number of rotatable bonds is 6. The van der Waals surface area contributed by atoms with Gasteiger partial charge in [-0.25, -0.2) is 13.4 Å². The highest BCUT2D eigenvalue weighted by atomic mass is 35.5. The monoisotopic (exact) mass is 471 g/mol. The maximum Gasteiger partial charge on any atom is 0.223 e. The molecule has 3 aromatic rings. The number of sulfone groups is 1. The fraction of sp³-hybridized carbons (Fsp3) is 0.333. The van der Waals surface area contributed by atoms with Crippen molar-refractivity contribution in [2.24, 2.45) is 5.92 Å². The number of nitrogens with zero attached hydrogens (tertiary/aromatic N) is 2. The van der Waals surface area contributed by atoms with E-state index in [2.05, 4.69) is 16.0 Å². The second kappa shape index (κ2) is 9.46. The fourth-order valence-corrected chi connectivity index (χ4v) is 5.43. The Labute approximate surface area is 193 Å². The number of aryl methyl sites for hydroxylation is 1. The number of imidazole rings is 1. The van der Waals surface area contributed by atoms with Gasteiger partial charge < -0.3 is 9.88 Å². The van der Waals surface area contributed by atoms with Gasteiger partial charge in [-0.15, -0.1) is 0 Å². The molecule has 1 fully saturated rings. The minimum absolute atomic E-state index is 0.00504. The SMILES string of the molecule is Cc1ncc(/C=C\C2CCN(C(=O)CCS(=O)(=O)c3ccc4cc(Cl)ccc4c3)CC2)[nH]1. The van der Waals surface area contributed by atoms with Gasteiger partial charge in [-0.2, -0.15) is 0 Å². The highest BCUT2D eigenvalue weighted by Gasteiger charge is 2.24. The van der Waals surface area contributed by atoms with Crippen LogP contribution in [0.4, 0.5) is 0 Å². The van der Waals surface area contributed by atoms with Crippen molar-refractivity contribution in [2.45, 2.75) is 31.1 Å². The molecule has 0 radical (unpaired) electrons. The Hall–Kier alpha value is -2.64. The van der Waals surface area contributed by atoms with E-state index in [1.54, 1.807) is 47.5 Å². The van der Waals surface area contributed by atoms with E-state index in [0.717, 1.165) is 35.1 Å². The normalized spacial score (nSPS) is 15.6. The van der Waals surface area contributed by atoms with Gasteiger partial charge in [-0.3, -0.25) is 4.79 Å². The van der Waals surface area contributed by atoms with E-state index in [1.165, 1.54) is 0 Å². The number of carbonyl (C=O) groups is 1. The van der Waals surface area contributed by atoms with Crippen molar-refractivity contribution >= 4 is 44.2 Å². The van der Waals surface area contributed by atoms with Crippen molar-refractivity contribution in [2.75, 3.05) is 18.8 Å². The minimum atomic E-state index is -3.54. The molecule has 1 aliphatic heterocycles. The summed E-state index contributed by atoms with van der Waals surface area (Å²) < 4.78 is 25.6. The van der Waals surface area contributed by atoms with Crippen LogP contribution in [0, 0.1) is 12.8 Å². The second-order valence-corrected chi connectivity index (χ2v) is 10.8. The van der Waals surface area contributed by atoms with Gasteiger partial charge in [0.2, 0.25) is 5.91 Å². The number of aromatic amines is 1. The van der Waals surface area contributed by atoms with E-state index in [4.69, 9.17) is 11.6 Å². The second-order valence-electron chi connectivity index (χ2n) is 8.22. The van der Waals surface area contributed by atoms with Crippen LogP contribution in [0.1, 0.15) is 30.8 Å². The van der Waals surface area contributed by atoms with E-state index in [-0.39, 0.29) is 23.0 Å². The van der Waals surface area contributed by atoms with Crippen LogP contribution in [0.25, 0.3) is 16.8 Å². The zero-order valence-electron chi connectivity index (χ0n) is 17.9. The number of benzene rings is 2. The Kier molecular flexibility index (Phi) is 6.67. The molecule has 8 heteroatoms. The van der Waals surface area contributed by atoms with Gasteiger partial charge in [0.1, 0.15) is 5.82 Å². The number of halogens is 1. The molecule has 0 bridgehead atoms. The average Bonchev–Trinajstić information content (AvgIpc) is 3.21. The van der Waals surface area contributed by atoms with Crippen molar-refractivity contribution in [1.29, 1.82) is 0 Å². The lowest BCUT2D eigenvalue weighted by molar-refractivity contribution is -0.131. The van der Waals surface area contributed by atoms with Gasteiger partial charge in [0, 0.05) is 24.5 Å². The molecular formula is C24H26ClN3O3S. The van der Waals surface area contributed by atoms with E-state index in [0.29, 0.717) is 24.0 Å². The molecule has 0 aliphatic carbocycles. The molecule has 0 atom stereocenters. The molecule has 1 aliphatic rings. The largest absolute Gasteiger partial charge is 0.343 e. The first-order chi connectivity index (χ1) is 15.3. The molecule has 1 amide bonds. The number of allylic oxidation sites excluding steroid dienone is 1. The molecule has 0 spiro atoms. The number of carbonyl (C=O) groups excluding carboxylic acids is 1. The first kappa shape index (κ1) is 22.6. The molecule has 4 rings (SSSR count). The number of likely N-dealkylation sites (tertiary alicyclic amines) is 1. The molecule has 0 saturated carbocycles. The molecule has 2 heterocycles. The van der Waals surface area contributed by atoms with Crippen LogP contribution in [0.15, 0.2) is 53.6 Å². The number of hydrogen-bond donors (Lipinski definition) is 1. The van der Waals surface area contributed by atoms with E-state index in [1.807, 2.05) is 13.0 Å². The molecule has 1 N–H and O–H groups in total. The predicted molar refractivity (Wildman–Crippen MR) is 127 cm³/mol. The summed E-state index contributed by atoms with van der Waals surface area (Å²) in [6.07, 6.45) is 7.73. The molecule has 1 saturated heterocycles. The number of fused-ring (bicyclic) bond motifs is 1. The van der Waals surface area contributed by atoms with Gasteiger partial charge in [0.15, 0.2) is 9.84 Å². The summed E-state index contributed by atoms with van der Waals surface area (Å²) in [6.45, 7) is 3.21. The smallest absolute Gasteiger partial charge is 0.223 e. The highest BCUT2D eigenvalue weighted by molar-refractivity contribution is 7.91. The Balaban J connectivity index is 1.30. The van der Waals surface area contributed by atoms with Crippen LogP contribution in [0.2, 0.25) is 5.02 Å². The molecule has 1 aromatic heterocycles. The van der Waals surface area contributed by atoms with Crippen molar-refractivity contribution in [3.05, 3.63) is 65.2 Å². The molecule has 168 valence electrons. The number of piperidine rings is 1. The maximum absolute atomic E-state index is 12.8. The Morgan fingerprint density at radius 2 is 1.91 bits per heavy atom. The number of aromatic nitrogens is 2. The third-order valence-corrected chi connectivity index (χ3v) is 7.83. The van der Waals surface area contributed by atoms with Gasteiger partial charge >= 0.3 is 0 Å². The Morgan fingerprint density at radius 3 is 2.62 bits per heavy atom. The summed E-state index contributed by atoms with van der Waals surface area (Å²) >= 11 is 5.99. The summed E-state index contributed by atoms with van der Waals surface area (Å²) in [5.74, 6) is 0.989. The topological polar surface area (TPSA) is 83.1 Å². The quantitative estimate of drug-likeness (QED) is 0.567. The lowest BCUT2D eigenvalue weighted by Crippen LogP contribution is -2.38. The van der Waals surface area contributed by atoms with Crippen molar-refractivity contribution in [3.63, 3.8) is 0 Å². The van der Waals surface area contributed by atoms with Crippen molar-refractivity contribution in [1.82, 2.24) is 14.9 Å². The van der Waals surface area contributed by atoms with Crippen LogP contribution < -0.4 is 0 Å². The Morgan fingerprint density at radius 1 is 1.19 bits per heavy atom. The van der Waals surface area contributed by atoms with E-state index >= 15 is 0 Å². The Bertz CT molecular complexity index is 1260. The summed E-state index contributed by atoms with van der Waals surface area (Å²) in [5, 5.41) is 2.30. The van der Waals surface area contributed by atoms with Crippen LogP contribution in [0.3, 0.4) is 0 Å². The number of amides is 1. The zero-order valence-corrected chi connectivity index (χ0v) is 19.5. The predicted octanol–water partition coefficient (Wildman–Crippen LogP) is 4.64. The van der Waals surface area contributed by atoms with Crippen LogP contribution in [0.5, 0.6) is 0 Å². The van der Waals surface area contributed by atoms with Crippen LogP contribution in [-0.4, -0.2) is 48.0 Å². The number of hydrogen-bond acceptors (Lipinski definition) is 4. The summed E-state index contributed by atoms with van der Waals surface area (Å²) in [5.41, 5.74) is 0.975.